The van der Waals surface area contributed by atoms with Crippen LogP contribution in [0.4, 0.5) is 5.69 Å². The number of carbonyl (C=O) groups excluding carboxylic acids is 3. The standard InChI is InChI=1S/C27H27Cl2N3O5S/c1-5-15-9-7-8-14(3)23(15)31-20(33)13-38-26-17(12-30)21(22(25(34)32-26)27(35)36-4)16-10-18(28)24(37-6-2)19(29)11-16/h7-11,21-22H,5-6,13H2,1-4H3,(H,31,33)(H,32,34)/t21-,22+/m1/s1. The third-order valence-corrected chi connectivity index (χ3v) is 7.58. The monoisotopic (exact) mass is 575 g/mol. The number of hydrogen-bond acceptors (Lipinski definition) is 7. The van der Waals surface area contributed by atoms with Crippen LogP contribution in [0.3, 0.4) is 0 Å². The van der Waals surface area contributed by atoms with Crippen LogP contribution in [-0.4, -0.2) is 37.3 Å². The van der Waals surface area contributed by atoms with Crippen LogP contribution in [0.15, 0.2) is 40.9 Å². The number of aryl methyl sites for hydroxylation is 2. The SMILES string of the molecule is CCOc1c(Cl)cc([C@@H]2C(C#N)=C(SCC(=O)Nc3c(C)cccc3CC)NC(=O)[C@H]2C(=O)OC)cc1Cl. The number of thioether (sulfide) groups is 1. The second-order valence-electron chi connectivity index (χ2n) is 8.37. The molecule has 11 heteroatoms. The Balaban J connectivity index is 1.98. The van der Waals surface area contributed by atoms with Gasteiger partial charge in [-0.3, -0.25) is 14.4 Å². The molecule has 0 saturated heterocycles. The normalized spacial score (nSPS) is 16.9. The molecular weight excluding hydrogens is 549 g/mol. The lowest BCUT2D eigenvalue weighted by atomic mass is 9.78. The number of para-hydroxylation sites is 1. The Morgan fingerprint density at radius 1 is 1.21 bits per heavy atom. The van der Waals surface area contributed by atoms with Crippen LogP contribution in [0.5, 0.6) is 5.75 Å². The first-order chi connectivity index (χ1) is 18.2. The molecule has 2 atom stereocenters. The van der Waals surface area contributed by atoms with Crippen molar-refractivity contribution >= 4 is 58.4 Å². The van der Waals surface area contributed by atoms with E-state index in [-0.39, 0.29) is 38.1 Å². The van der Waals surface area contributed by atoms with Gasteiger partial charge in [-0.05, 0) is 49.1 Å². The average molecular weight is 577 g/mol. The molecule has 0 aromatic heterocycles. The summed E-state index contributed by atoms with van der Waals surface area (Å²) in [5, 5.41) is 16.1. The number of ether oxygens (including phenoxy) is 2. The van der Waals surface area contributed by atoms with Crippen molar-refractivity contribution in [1.82, 2.24) is 5.32 Å². The highest BCUT2D eigenvalue weighted by Crippen LogP contribution is 2.44. The summed E-state index contributed by atoms with van der Waals surface area (Å²) >= 11 is 13.8. The molecule has 1 aliphatic heterocycles. The highest BCUT2D eigenvalue weighted by Gasteiger charge is 2.44. The lowest BCUT2D eigenvalue weighted by molar-refractivity contribution is -0.150. The van der Waals surface area contributed by atoms with E-state index in [1.807, 2.05) is 32.0 Å². The molecule has 0 radical (unpaired) electrons. The third kappa shape index (κ3) is 6.26. The fourth-order valence-corrected chi connectivity index (χ4v) is 5.70. The van der Waals surface area contributed by atoms with Gasteiger partial charge in [-0.25, -0.2) is 0 Å². The van der Waals surface area contributed by atoms with Gasteiger partial charge in [-0.15, -0.1) is 0 Å². The molecule has 0 spiro atoms. The van der Waals surface area contributed by atoms with E-state index < -0.39 is 23.7 Å². The largest absolute Gasteiger partial charge is 0.491 e. The van der Waals surface area contributed by atoms with E-state index in [0.29, 0.717) is 12.2 Å². The molecular formula is C27H27Cl2N3O5S. The molecule has 0 bridgehead atoms. The molecule has 2 amide bonds. The van der Waals surface area contributed by atoms with Gasteiger partial charge in [-0.1, -0.05) is 60.1 Å². The first-order valence-corrected chi connectivity index (χ1v) is 13.6. The van der Waals surface area contributed by atoms with Crippen molar-refractivity contribution in [1.29, 1.82) is 5.26 Å². The number of nitriles is 1. The minimum atomic E-state index is -1.36. The first-order valence-electron chi connectivity index (χ1n) is 11.8. The Morgan fingerprint density at radius 2 is 1.89 bits per heavy atom. The number of allylic oxidation sites excluding steroid dienone is 1. The number of anilines is 1. The summed E-state index contributed by atoms with van der Waals surface area (Å²) in [5.41, 5.74) is 3.11. The van der Waals surface area contributed by atoms with Crippen molar-refractivity contribution in [2.75, 3.05) is 24.8 Å². The highest BCUT2D eigenvalue weighted by atomic mass is 35.5. The van der Waals surface area contributed by atoms with E-state index in [4.69, 9.17) is 32.7 Å². The van der Waals surface area contributed by atoms with Gasteiger partial charge in [0.25, 0.3) is 0 Å². The number of amides is 2. The van der Waals surface area contributed by atoms with E-state index in [1.54, 1.807) is 6.92 Å². The smallest absolute Gasteiger partial charge is 0.319 e. The van der Waals surface area contributed by atoms with Gasteiger partial charge in [0.15, 0.2) is 5.75 Å². The van der Waals surface area contributed by atoms with Crippen molar-refractivity contribution in [3.8, 4) is 11.8 Å². The fourth-order valence-electron chi connectivity index (χ4n) is 4.24. The maximum atomic E-state index is 13.1. The molecule has 200 valence electrons. The molecule has 1 heterocycles. The number of halogens is 2. The van der Waals surface area contributed by atoms with Gasteiger partial charge in [0.1, 0.15) is 5.92 Å². The molecule has 38 heavy (non-hydrogen) atoms. The molecule has 0 saturated carbocycles. The molecule has 2 N–H and O–H groups in total. The predicted molar refractivity (Wildman–Crippen MR) is 148 cm³/mol. The van der Waals surface area contributed by atoms with Crippen LogP contribution < -0.4 is 15.4 Å². The summed E-state index contributed by atoms with van der Waals surface area (Å²) in [6.07, 6.45) is 0.744. The number of nitrogens with one attached hydrogen (secondary N) is 2. The molecule has 0 aliphatic carbocycles. The summed E-state index contributed by atoms with van der Waals surface area (Å²) in [4.78, 5) is 38.6. The highest BCUT2D eigenvalue weighted by molar-refractivity contribution is 8.03. The predicted octanol–water partition coefficient (Wildman–Crippen LogP) is 5.37. The van der Waals surface area contributed by atoms with Gasteiger partial charge in [0.05, 0.1) is 46.2 Å². The maximum absolute atomic E-state index is 13.1. The molecule has 0 unspecified atom stereocenters. The molecule has 0 fully saturated rings. The van der Waals surface area contributed by atoms with E-state index >= 15 is 0 Å². The van der Waals surface area contributed by atoms with Gasteiger partial charge in [0, 0.05) is 11.6 Å². The second-order valence-corrected chi connectivity index (χ2v) is 10.2. The Kier molecular flexibility index (Phi) is 10.1. The number of nitrogens with zero attached hydrogens (tertiary/aromatic N) is 1. The van der Waals surface area contributed by atoms with Crippen molar-refractivity contribution in [3.05, 3.63) is 67.7 Å². The summed E-state index contributed by atoms with van der Waals surface area (Å²) in [5.74, 6) is -4.04. The van der Waals surface area contributed by atoms with Crippen LogP contribution in [0.1, 0.15) is 36.5 Å². The number of esters is 1. The van der Waals surface area contributed by atoms with Gasteiger partial charge < -0.3 is 20.1 Å². The molecule has 3 rings (SSSR count). The van der Waals surface area contributed by atoms with Crippen LogP contribution >= 0.6 is 35.0 Å². The summed E-state index contributed by atoms with van der Waals surface area (Å²) in [6, 6.07) is 10.9. The molecule has 2 aromatic carbocycles. The summed E-state index contributed by atoms with van der Waals surface area (Å²) in [7, 11) is 1.16. The Labute approximate surface area is 235 Å². The van der Waals surface area contributed by atoms with E-state index in [1.165, 1.54) is 12.1 Å². The van der Waals surface area contributed by atoms with E-state index in [2.05, 4.69) is 16.7 Å². The zero-order chi connectivity index (χ0) is 28.0. The van der Waals surface area contributed by atoms with Crippen LogP contribution in [0.25, 0.3) is 0 Å². The van der Waals surface area contributed by atoms with Crippen molar-refractivity contribution in [2.24, 2.45) is 5.92 Å². The molecule has 8 nitrogen and oxygen atoms in total. The lowest BCUT2D eigenvalue weighted by Gasteiger charge is -2.31. The zero-order valence-corrected chi connectivity index (χ0v) is 23.6. The van der Waals surface area contributed by atoms with Crippen LogP contribution in [-0.2, 0) is 25.5 Å². The van der Waals surface area contributed by atoms with Crippen molar-refractivity contribution < 1.29 is 23.9 Å². The molecule has 2 aromatic rings. The Morgan fingerprint density at radius 3 is 2.47 bits per heavy atom. The lowest BCUT2D eigenvalue weighted by Crippen LogP contribution is -2.44. The number of benzene rings is 2. The second kappa shape index (κ2) is 13.1. The first kappa shape index (κ1) is 29.4. The van der Waals surface area contributed by atoms with E-state index in [0.717, 1.165) is 42.1 Å². The van der Waals surface area contributed by atoms with Gasteiger partial charge in [0.2, 0.25) is 11.8 Å². The van der Waals surface area contributed by atoms with Crippen LogP contribution in [0, 0.1) is 24.2 Å². The quantitative estimate of drug-likeness (QED) is 0.304. The Hall–Kier alpha value is -3.19. The van der Waals surface area contributed by atoms with E-state index in [9.17, 15) is 19.6 Å². The van der Waals surface area contributed by atoms with Crippen molar-refractivity contribution in [2.45, 2.75) is 33.1 Å². The number of methoxy groups -OCH3 is 1. The topological polar surface area (TPSA) is 118 Å². The van der Waals surface area contributed by atoms with Gasteiger partial charge in [-0.2, -0.15) is 5.26 Å². The number of hydrogen-bond donors (Lipinski definition) is 2. The summed E-state index contributed by atoms with van der Waals surface area (Å²) in [6.45, 7) is 6.00. The molecule has 1 aliphatic rings. The third-order valence-electron chi connectivity index (χ3n) is 6.00. The average Bonchev–Trinajstić information content (AvgIpc) is 2.89. The Bertz CT molecular complexity index is 1320. The summed E-state index contributed by atoms with van der Waals surface area (Å²) < 4.78 is 10.3. The minimum Gasteiger partial charge on any atom is -0.491 e. The number of carbonyl (C=O) groups is 3. The van der Waals surface area contributed by atoms with Crippen molar-refractivity contribution in [3.63, 3.8) is 0 Å². The van der Waals surface area contributed by atoms with Crippen LogP contribution in [0.2, 0.25) is 10.0 Å². The minimum absolute atomic E-state index is 0.0826. The maximum Gasteiger partial charge on any atom is 0.319 e. The zero-order valence-electron chi connectivity index (χ0n) is 21.3. The van der Waals surface area contributed by atoms with Gasteiger partial charge >= 0.3 is 5.97 Å². The number of rotatable bonds is 9. The fraction of sp³-hybridized carbons (Fsp3) is 0.333.